The summed E-state index contributed by atoms with van der Waals surface area (Å²) < 4.78 is 15.1. The third-order valence-corrected chi connectivity index (χ3v) is 2.81. The lowest BCUT2D eigenvalue weighted by Crippen LogP contribution is -2.65. The number of carbonyl (C=O) groups excluding carboxylic acids is 3. The number of esters is 2. The Morgan fingerprint density at radius 3 is 2.14 bits per heavy atom. The van der Waals surface area contributed by atoms with E-state index in [2.05, 4.69) is 5.32 Å². The van der Waals surface area contributed by atoms with Gasteiger partial charge in [0.15, 0.2) is 6.10 Å². The fourth-order valence-corrected chi connectivity index (χ4v) is 2.05. The normalized spacial score (nSPS) is 32.1. The second-order valence-corrected chi connectivity index (χ2v) is 4.63. The number of rotatable bonds is 4. The molecular formula is C12H19NO8. The molecule has 5 atom stereocenters. The summed E-state index contributed by atoms with van der Waals surface area (Å²) in [6.45, 7) is 2.89. The monoisotopic (exact) mass is 305 g/mol. The Hall–Kier alpha value is -1.71. The molecule has 120 valence electrons. The van der Waals surface area contributed by atoms with Crippen LogP contribution in [-0.4, -0.2) is 65.3 Å². The maximum absolute atomic E-state index is 11.3. The van der Waals surface area contributed by atoms with Crippen LogP contribution in [0.1, 0.15) is 20.8 Å². The Kier molecular flexibility index (Phi) is 6.06. The smallest absolute Gasteiger partial charge is 0.305 e. The third kappa shape index (κ3) is 4.66. The molecule has 0 saturated carbocycles. The summed E-state index contributed by atoms with van der Waals surface area (Å²) in [5.74, 6) is -1.88. The molecule has 1 unspecified atom stereocenters. The van der Waals surface area contributed by atoms with Crippen molar-refractivity contribution in [1.82, 2.24) is 5.32 Å². The molecule has 0 radical (unpaired) electrons. The third-order valence-electron chi connectivity index (χ3n) is 2.81. The van der Waals surface area contributed by atoms with Gasteiger partial charge in [0.25, 0.3) is 0 Å². The molecule has 0 aromatic carbocycles. The molecular weight excluding hydrogens is 286 g/mol. The van der Waals surface area contributed by atoms with Gasteiger partial charge in [0.2, 0.25) is 12.2 Å². The summed E-state index contributed by atoms with van der Waals surface area (Å²) in [6, 6.07) is -1.09. The Labute approximate surface area is 121 Å². The van der Waals surface area contributed by atoms with Crippen LogP contribution in [0.2, 0.25) is 0 Å². The van der Waals surface area contributed by atoms with Crippen LogP contribution in [0.3, 0.4) is 0 Å². The zero-order valence-electron chi connectivity index (χ0n) is 11.9. The molecule has 0 spiro atoms. The number of amides is 1. The van der Waals surface area contributed by atoms with E-state index in [9.17, 15) is 24.6 Å². The predicted octanol–water partition coefficient (Wildman–Crippen LogP) is -1.94. The van der Waals surface area contributed by atoms with Crippen molar-refractivity contribution in [3.05, 3.63) is 0 Å². The Balaban J connectivity index is 3.05. The van der Waals surface area contributed by atoms with Crippen molar-refractivity contribution in [2.75, 3.05) is 6.61 Å². The molecule has 0 aromatic heterocycles. The van der Waals surface area contributed by atoms with Crippen LogP contribution in [-0.2, 0) is 28.6 Å². The van der Waals surface area contributed by atoms with Crippen LogP contribution in [0, 0.1) is 0 Å². The SMILES string of the molecule is CC(=O)N[C@H]1C(OC(C)=O)O[C@H](CO)[C@@H](O)[C@@H]1OC(C)=O. The highest BCUT2D eigenvalue weighted by Gasteiger charge is 2.49. The van der Waals surface area contributed by atoms with E-state index in [1.54, 1.807) is 0 Å². The number of hydrogen-bond donors (Lipinski definition) is 3. The summed E-state index contributed by atoms with van der Waals surface area (Å²) >= 11 is 0. The zero-order valence-corrected chi connectivity index (χ0v) is 11.9. The average Bonchev–Trinajstić information content (AvgIpc) is 2.35. The summed E-state index contributed by atoms with van der Waals surface area (Å²) in [7, 11) is 0. The highest BCUT2D eigenvalue weighted by atomic mass is 16.7. The van der Waals surface area contributed by atoms with Crippen molar-refractivity contribution in [2.45, 2.75) is 51.4 Å². The first-order valence-corrected chi connectivity index (χ1v) is 6.32. The van der Waals surface area contributed by atoms with Gasteiger partial charge in [-0.25, -0.2) is 0 Å². The van der Waals surface area contributed by atoms with E-state index in [1.807, 2.05) is 0 Å². The van der Waals surface area contributed by atoms with Gasteiger partial charge in [-0.05, 0) is 0 Å². The maximum atomic E-state index is 11.3. The van der Waals surface area contributed by atoms with Gasteiger partial charge in [-0.1, -0.05) is 0 Å². The van der Waals surface area contributed by atoms with Crippen LogP contribution in [0.15, 0.2) is 0 Å². The summed E-state index contributed by atoms with van der Waals surface area (Å²) in [6.07, 6.45) is -5.02. The van der Waals surface area contributed by atoms with Gasteiger partial charge < -0.3 is 29.7 Å². The molecule has 3 N–H and O–H groups in total. The van der Waals surface area contributed by atoms with Gasteiger partial charge in [0, 0.05) is 20.8 Å². The van der Waals surface area contributed by atoms with Crippen LogP contribution in [0.4, 0.5) is 0 Å². The highest BCUT2D eigenvalue weighted by Crippen LogP contribution is 2.24. The van der Waals surface area contributed by atoms with E-state index in [4.69, 9.17) is 14.2 Å². The Bertz CT molecular complexity index is 412. The van der Waals surface area contributed by atoms with E-state index in [1.165, 1.54) is 6.92 Å². The molecule has 0 aliphatic carbocycles. The number of aliphatic hydroxyl groups is 2. The minimum Gasteiger partial charge on any atom is -0.457 e. The highest BCUT2D eigenvalue weighted by molar-refractivity contribution is 5.73. The second-order valence-electron chi connectivity index (χ2n) is 4.63. The average molecular weight is 305 g/mol. The molecule has 1 amide bonds. The fourth-order valence-electron chi connectivity index (χ4n) is 2.05. The van der Waals surface area contributed by atoms with Crippen LogP contribution in [0.5, 0.6) is 0 Å². The van der Waals surface area contributed by atoms with E-state index in [-0.39, 0.29) is 0 Å². The minimum absolute atomic E-state index is 0.493. The lowest BCUT2D eigenvalue weighted by Gasteiger charge is -2.42. The molecule has 1 fully saturated rings. The fraction of sp³-hybridized carbons (Fsp3) is 0.750. The van der Waals surface area contributed by atoms with Crippen molar-refractivity contribution in [2.24, 2.45) is 0 Å². The molecule has 1 saturated heterocycles. The topological polar surface area (TPSA) is 131 Å². The van der Waals surface area contributed by atoms with Crippen molar-refractivity contribution < 1.29 is 38.8 Å². The van der Waals surface area contributed by atoms with Crippen LogP contribution < -0.4 is 5.32 Å². The second kappa shape index (κ2) is 7.34. The molecule has 0 aromatic rings. The number of ether oxygens (including phenoxy) is 3. The molecule has 1 rings (SSSR count). The Morgan fingerprint density at radius 1 is 1.14 bits per heavy atom. The lowest BCUT2D eigenvalue weighted by atomic mass is 9.96. The first kappa shape index (κ1) is 17.3. The van der Waals surface area contributed by atoms with E-state index >= 15 is 0 Å². The Morgan fingerprint density at radius 2 is 1.71 bits per heavy atom. The number of carbonyl (C=O) groups is 3. The van der Waals surface area contributed by atoms with Crippen LogP contribution >= 0.6 is 0 Å². The summed E-state index contributed by atoms with van der Waals surface area (Å²) in [5, 5.41) is 21.6. The molecule has 9 nitrogen and oxygen atoms in total. The number of hydrogen-bond acceptors (Lipinski definition) is 8. The van der Waals surface area contributed by atoms with E-state index in [0.29, 0.717) is 0 Å². The summed E-state index contributed by atoms with van der Waals surface area (Å²) in [5.41, 5.74) is 0. The van der Waals surface area contributed by atoms with Gasteiger partial charge in [0.05, 0.1) is 6.61 Å². The maximum Gasteiger partial charge on any atom is 0.305 e. The quantitative estimate of drug-likeness (QED) is 0.511. The van der Waals surface area contributed by atoms with Crippen molar-refractivity contribution in [3.8, 4) is 0 Å². The first-order chi connectivity index (χ1) is 9.76. The molecule has 0 bridgehead atoms. The number of aliphatic hydroxyl groups excluding tert-OH is 2. The van der Waals surface area contributed by atoms with E-state index < -0.39 is 55.1 Å². The molecule has 1 heterocycles. The number of nitrogens with one attached hydrogen (secondary N) is 1. The largest absolute Gasteiger partial charge is 0.457 e. The minimum atomic E-state index is -1.39. The predicted molar refractivity (Wildman–Crippen MR) is 66.7 cm³/mol. The van der Waals surface area contributed by atoms with Crippen LogP contribution in [0.25, 0.3) is 0 Å². The van der Waals surface area contributed by atoms with Crippen molar-refractivity contribution >= 4 is 17.8 Å². The lowest BCUT2D eigenvalue weighted by molar-refractivity contribution is -0.265. The van der Waals surface area contributed by atoms with Gasteiger partial charge in [-0.15, -0.1) is 0 Å². The molecule has 1 aliphatic rings. The van der Waals surface area contributed by atoms with Crippen molar-refractivity contribution in [1.29, 1.82) is 0 Å². The van der Waals surface area contributed by atoms with Gasteiger partial charge >= 0.3 is 11.9 Å². The molecule has 9 heteroatoms. The van der Waals surface area contributed by atoms with E-state index in [0.717, 1.165) is 13.8 Å². The zero-order chi connectivity index (χ0) is 16.2. The van der Waals surface area contributed by atoms with Gasteiger partial charge in [-0.3, -0.25) is 14.4 Å². The van der Waals surface area contributed by atoms with Gasteiger partial charge in [-0.2, -0.15) is 0 Å². The first-order valence-electron chi connectivity index (χ1n) is 6.32. The van der Waals surface area contributed by atoms with Crippen molar-refractivity contribution in [3.63, 3.8) is 0 Å². The standard InChI is InChI=1S/C12H19NO8/c1-5(15)13-9-11(19-6(2)16)10(18)8(4-14)21-12(9)20-7(3)17/h8-12,14,18H,4H2,1-3H3,(H,13,15)/t8-,9-,10-,11-,12?/m1/s1. The summed E-state index contributed by atoms with van der Waals surface area (Å²) in [4.78, 5) is 33.5. The van der Waals surface area contributed by atoms with Gasteiger partial charge in [0.1, 0.15) is 18.2 Å². The molecule has 1 aliphatic heterocycles. The molecule has 21 heavy (non-hydrogen) atoms.